The summed E-state index contributed by atoms with van der Waals surface area (Å²) in [5.41, 5.74) is 5.73. The first-order valence-electron chi connectivity index (χ1n) is 10.9. The van der Waals surface area contributed by atoms with Crippen LogP contribution in [0.25, 0.3) is 0 Å². The summed E-state index contributed by atoms with van der Waals surface area (Å²) < 4.78 is 10.8. The van der Waals surface area contributed by atoms with Gasteiger partial charge in [-0.1, -0.05) is 26.0 Å². The molecule has 0 fully saturated rings. The molecule has 1 aromatic rings. The second-order valence-electron chi connectivity index (χ2n) is 10.4. The van der Waals surface area contributed by atoms with Crippen molar-refractivity contribution in [3.63, 3.8) is 0 Å². The van der Waals surface area contributed by atoms with Crippen molar-refractivity contribution >= 4 is 23.7 Å². The molecule has 0 aliphatic heterocycles. The molecule has 0 heterocycles. The molecular formula is C24H39N3O5. The van der Waals surface area contributed by atoms with Crippen molar-refractivity contribution in [1.82, 2.24) is 10.6 Å². The molecule has 0 saturated carbocycles. The quantitative estimate of drug-likeness (QED) is 0.412. The van der Waals surface area contributed by atoms with E-state index in [-0.39, 0.29) is 12.3 Å². The number of benzene rings is 1. The minimum Gasteiger partial charge on any atom is -0.458 e. The van der Waals surface area contributed by atoms with E-state index in [0.717, 1.165) is 5.56 Å². The van der Waals surface area contributed by atoms with Crippen LogP contribution in [0.3, 0.4) is 0 Å². The Labute approximate surface area is 191 Å². The van der Waals surface area contributed by atoms with E-state index in [0.29, 0.717) is 12.1 Å². The molecule has 8 heteroatoms. The zero-order valence-electron chi connectivity index (χ0n) is 20.6. The summed E-state index contributed by atoms with van der Waals surface area (Å²) in [6, 6.07) is 5.22. The van der Waals surface area contributed by atoms with Gasteiger partial charge in [-0.3, -0.25) is 4.79 Å². The standard InChI is InChI=1S/C24H39N3O5/c1-15(2)13-19(21(29)31-23(3,4)5)26-20(28)18(27-22(30)32-24(6,7)8)14-16-9-11-17(25)12-10-16/h9-12,15,18-19H,13-14,25H2,1-8H3,(H,26,28)(H,27,30)/t18-,19-/m0/s1. The van der Waals surface area contributed by atoms with Gasteiger partial charge in [-0.25, -0.2) is 9.59 Å². The van der Waals surface area contributed by atoms with E-state index in [1.165, 1.54) is 0 Å². The summed E-state index contributed by atoms with van der Waals surface area (Å²) in [6.45, 7) is 14.4. The molecule has 4 N–H and O–H groups in total. The minimum atomic E-state index is -0.953. The fourth-order valence-corrected chi connectivity index (χ4v) is 2.88. The van der Waals surface area contributed by atoms with Gasteiger partial charge in [-0.2, -0.15) is 0 Å². The Morgan fingerprint density at radius 1 is 0.875 bits per heavy atom. The van der Waals surface area contributed by atoms with E-state index < -0.39 is 41.3 Å². The second kappa shape index (κ2) is 11.2. The summed E-state index contributed by atoms with van der Waals surface area (Å²) in [4.78, 5) is 38.2. The highest BCUT2D eigenvalue weighted by Gasteiger charge is 2.31. The molecular weight excluding hydrogens is 410 g/mol. The second-order valence-corrected chi connectivity index (χ2v) is 10.4. The maximum Gasteiger partial charge on any atom is 0.408 e. The average molecular weight is 450 g/mol. The molecule has 0 unspecified atom stereocenters. The van der Waals surface area contributed by atoms with E-state index in [1.54, 1.807) is 65.8 Å². The van der Waals surface area contributed by atoms with Crippen LogP contribution in [0.1, 0.15) is 67.4 Å². The van der Waals surface area contributed by atoms with Gasteiger partial charge in [0.05, 0.1) is 0 Å². The van der Waals surface area contributed by atoms with Crippen molar-refractivity contribution in [3.8, 4) is 0 Å². The lowest BCUT2D eigenvalue weighted by Crippen LogP contribution is -2.54. The van der Waals surface area contributed by atoms with Crippen molar-refractivity contribution in [1.29, 1.82) is 0 Å². The van der Waals surface area contributed by atoms with Gasteiger partial charge >= 0.3 is 12.1 Å². The predicted molar refractivity (Wildman–Crippen MR) is 125 cm³/mol. The van der Waals surface area contributed by atoms with E-state index in [9.17, 15) is 14.4 Å². The van der Waals surface area contributed by atoms with Gasteiger partial charge < -0.3 is 25.8 Å². The lowest BCUT2D eigenvalue weighted by molar-refractivity contribution is -0.159. The number of rotatable bonds is 8. The largest absolute Gasteiger partial charge is 0.458 e. The number of nitrogen functional groups attached to an aromatic ring is 1. The van der Waals surface area contributed by atoms with Crippen molar-refractivity contribution in [2.24, 2.45) is 5.92 Å². The Bertz CT molecular complexity index is 776. The van der Waals surface area contributed by atoms with Crippen LogP contribution in [0.2, 0.25) is 0 Å². The first-order valence-corrected chi connectivity index (χ1v) is 10.9. The number of carbonyl (C=O) groups excluding carboxylic acids is 3. The maximum atomic E-state index is 13.2. The number of nitrogens with one attached hydrogen (secondary N) is 2. The highest BCUT2D eigenvalue weighted by atomic mass is 16.6. The first kappa shape index (κ1) is 27.3. The Morgan fingerprint density at radius 3 is 1.88 bits per heavy atom. The van der Waals surface area contributed by atoms with Crippen LogP contribution in [0.5, 0.6) is 0 Å². The summed E-state index contributed by atoms with van der Waals surface area (Å²) >= 11 is 0. The molecule has 8 nitrogen and oxygen atoms in total. The predicted octanol–water partition coefficient (Wildman–Crippen LogP) is 3.58. The van der Waals surface area contributed by atoms with E-state index in [4.69, 9.17) is 15.2 Å². The number of carbonyl (C=O) groups is 3. The molecule has 2 atom stereocenters. The summed E-state index contributed by atoms with van der Waals surface area (Å²) in [7, 11) is 0. The van der Waals surface area contributed by atoms with Crippen LogP contribution < -0.4 is 16.4 Å². The zero-order chi connectivity index (χ0) is 24.7. The van der Waals surface area contributed by atoms with Crippen molar-refractivity contribution < 1.29 is 23.9 Å². The van der Waals surface area contributed by atoms with Crippen LogP contribution >= 0.6 is 0 Å². The third-order valence-corrected chi connectivity index (χ3v) is 4.14. The number of amides is 2. The summed E-state index contributed by atoms with van der Waals surface area (Å²) in [5.74, 6) is -0.866. The van der Waals surface area contributed by atoms with Crippen LogP contribution in [-0.2, 0) is 25.5 Å². The molecule has 0 aliphatic rings. The zero-order valence-corrected chi connectivity index (χ0v) is 20.6. The van der Waals surface area contributed by atoms with Crippen LogP contribution in [0.15, 0.2) is 24.3 Å². The molecule has 180 valence electrons. The highest BCUT2D eigenvalue weighted by Crippen LogP contribution is 2.15. The van der Waals surface area contributed by atoms with Crippen molar-refractivity contribution in [2.45, 2.75) is 91.5 Å². The Morgan fingerprint density at radius 2 is 1.41 bits per heavy atom. The molecule has 1 rings (SSSR count). The molecule has 0 bridgehead atoms. The number of ether oxygens (including phenoxy) is 2. The first-order chi connectivity index (χ1) is 14.6. The fourth-order valence-electron chi connectivity index (χ4n) is 2.88. The van der Waals surface area contributed by atoms with Crippen LogP contribution in [0, 0.1) is 5.92 Å². The van der Waals surface area contributed by atoms with Gasteiger partial charge in [0.15, 0.2) is 0 Å². The molecule has 0 saturated heterocycles. The molecule has 32 heavy (non-hydrogen) atoms. The fraction of sp³-hybridized carbons (Fsp3) is 0.625. The number of esters is 1. The van der Waals surface area contributed by atoms with Crippen molar-refractivity contribution in [2.75, 3.05) is 5.73 Å². The Kier molecular flexibility index (Phi) is 9.54. The monoisotopic (exact) mass is 449 g/mol. The third-order valence-electron chi connectivity index (χ3n) is 4.14. The molecule has 0 radical (unpaired) electrons. The molecule has 0 spiro atoms. The number of hydrogen-bond acceptors (Lipinski definition) is 6. The summed E-state index contributed by atoms with van der Waals surface area (Å²) in [6.07, 6.45) is -0.110. The average Bonchev–Trinajstić information content (AvgIpc) is 2.59. The molecule has 1 aromatic carbocycles. The van der Waals surface area contributed by atoms with E-state index >= 15 is 0 Å². The van der Waals surface area contributed by atoms with Gasteiger partial charge in [0, 0.05) is 12.1 Å². The topological polar surface area (TPSA) is 120 Å². The number of hydrogen-bond donors (Lipinski definition) is 3. The highest BCUT2D eigenvalue weighted by molar-refractivity contribution is 5.90. The SMILES string of the molecule is CC(C)C[C@H](NC(=O)[C@H](Cc1ccc(N)cc1)NC(=O)OC(C)(C)C)C(=O)OC(C)(C)C. The third kappa shape index (κ3) is 11.0. The lowest BCUT2D eigenvalue weighted by Gasteiger charge is -2.28. The van der Waals surface area contributed by atoms with Gasteiger partial charge in [0.1, 0.15) is 23.3 Å². The molecule has 0 aliphatic carbocycles. The summed E-state index contributed by atoms with van der Waals surface area (Å²) in [5, 5.41) is 5.39. The minimum absolute atomic E-state index is 0.141. The normalized spacial score (nSPS) is 13.8. The van der Waals surface area contributed by atoms with Crippen molar-refractivity contribution in [3.05, 3.63) is 29.8 Å². The lowest BCUT2D eigenvalue weighted by atomic mass is 10.0. The number of anilines is 1. The molecule has 2 amide bonds. The van der Waals surface area contributed by atoms with Gasteiger partial charge in [0.2, 0.25) is 5.91 Å². The smallest absolute Gasteiger partial charge is 0.408 e. The van der Waals surface area contributed by atoms with Gasteiger partial charge in [0.25, 0.3) is 0 Å². The van der Waals surface area contributed by atoms with Crippen LogP contribution in [-0.4, -0.2) is 41.3 Å². The Hall–Kier alpha value is -2.77. The molecule has 0 aromatic heterocycles. The van der Waals surface area contributed by atoms with Crippen LogP contribution in [0.4, 0.5) is 10.5 Å². The number of nitrogens with two attached hydrogens (primary N) is 1. The van der Waals surface area contributed by atoms with Gasteiger partial charge in [-0.05, 0) is 71.6 Å². The number of alkyl carbamates (subject to hydrolysis) is 1. The van der Waals surface area contributed by atoms with E-state index in [2.05, 4.69) is 10.6 Å². The van der Waals surface area contributed by atoms with Gasteiger partial charge in [-0.15, -0.1) is 0 Å². The Balaban J connectivity index is 3.07. The maximum absolute atomic E-state index is 13.2. The van der Waals surface area contributed by atoms with E-state index in [1.807, 2.05) is 13.8 Å².